The smallest absolute Gasteiger partial charge is 0.330 e. The van der Waals surface area contributed by atoms with Crippen LogP contribution in [0.3, 0.4) is 0 Å². The summed E-state index contributed by atoms with van der Waals surface area (Å²) in [5, 5.41) is 11.8. The van der Waals surface area contributed by atoms with Crippen molar-refractivity contribution in [3.63, 3.8) is 0 Å². The molecule has 2 N–H and O–H groups in total. The van der Waals surface area contributed by atoms with Crippen molar-refractivity contribution in [2.75, 3.05) is 0 Å². The van der Waals surface area contributed by atoms with E-state index >= 15 is 0 Å². The summed E-state index contributed by atoms with van der Waals surface area (Å²) in [4.78, 5) is 23.6. The molecule has 1 aromatic heterocycles. The van der Waals surface area contributed by atoms with Gasteiger partial charge in [-0.05, 0) is 18.1 Å². The van der Waals surface area contributed by atoms with Crippen LogP contribution in [-0.4, -0.2) is 17.0 Å². The Bertz CT molecular complexity index is 618. The van der Waals surface area contributed by atoms with E-state index in [0.717, 1.165) is 6.42 Å². The number of nitrogens with one attached hydrogen (secondary N) is 1. The standard InChI is InChI=1S/C16H17NO4/c1-2-6-13-12(9-10-21-13)15(18)17-14(16(19)20)11-7-4-3-5-8-11/h3-5,7-10,14H,2,6H2,1H3,(H,17,18)(H,19,20). The van der Waals surface area contributed by atoms with Crippen LogP contribution in [0.25, 0.3) is 0 Å². The molecule has 21 heavy (non-hydrogen) atoms. The Labute approximate surface area is 122 Å². The molecule has 0 aliphatic heterocycles. The maximum absolute atomic E-state index is 12.3. The van der Waals surface area contributed by atoms with E-state index in [0.29, 0.717) is 23.3 Å². The molecule has 0 radical (unpaired) electrons. The zero-order chi connectivity index (χ0) is 15.2. The second-order valence-corrected chi connectivity index (χ2v) is 4.66. The van der Waals surface area contributed by atoms with Gasteiger partial charge in [0, 0.05) is 6.42 Å². The number of carbonyl (C=O) groups excluding carboxylic acids is 1. The zero-order valence-corrected chi connectivity index (χ0v) is 11.7. The van der Waals surface area contributed by atoms with Crippen LogP contribution in [-0.2, 0) is 11.2 Å². The third-order valence-corrected chi connectivity index (χ3v) is 3.12. The minimum absolute atomic E-state index is 0.388. The van der Waals surface area contributed by atoms with Gasteiger partial charge in [0.05, 0.1) is 11.8 Å². The summed E-state index contributed by atoms with van der Waals surface area (Å²) in [6.07, 6.45) is 2.92. The average molecular weight is 287 g/mol. The summed E-state index contributed by atoms with van der Waals surface area (Å²) in [5.74, 6) is -0.967. The molecule has 0 saturated carbocycles. The SMILES string of the molecule is CCCc1occc1C(=O)NC(C(=O)O)c1ccccc1. The van der Waals surface area contributed by atoms with Crippen molar-refractivity contribution in [1.29, 1.82) is 0 Å². The van der Waals surface area contributed by atoms with Gasteiger partial charge in [-0.25, -0.2) is 4.79 Å². The first kappa shape index (κ1) is 14.8. The van der Waals surface area contributed by atoms with E-state index in [1.54, 1.807) is 36.4 Å². The van der Waals surface area contributed by atoms with Gasteiger partial charge in [-0.1, -0.05) is 37.3 Å². The highest BCUT2D eigenvalue weighted by atomic mass is 16.4. The molecule has 0 spiro atoms. The molecule has 0 bridgehead atoms. The number of benzene rings is 1. The number of carboxylic acid groups (broad SMARTS) is 1. The molecule has 5 nitrogen and oxygen atoms in total. The Morgan fingerprint density at radius 1 is 1.24 bits per heavy atom. The number of hydrogen-bond donors (Lipinski definition) is 2. The summed E-state index contributed by atoms with van der Waals surface area (Å²) in [6, 6.07) is 9.07. The van der Waals surface area contributed by atoms with Gasteiger partial charge in [0.25, 0.3) is 5.91 Å². The van der Waals surface area contributed by atoms with Gasteiger partial charge in [-0.3, -0.25) is 4.79 Å². The van der Waals surface area contributed by atoms with E-state index < -0.39 is 17.9 Å². The summed E-state index contributed by atoms with van der Waals surface area (Å²) >= 11 is 0. The van der Waals surface area contributed by atoms with Crippen molar-refractivity contribution >= 4 is 11.9 Å². The van der Waals surface area contributed by atoms with Gasteiger partial charge in [0.2, 0.25) is 0 Å². The number of aryl methyl sites for hydroxylation is 1. The number of hydrogen-bond acceptors (Lipinski definition) is 3. The van der Waals surface area contributed by atoms with E-state index in [9.17, 15) is 14.7 Å². The van der Waals surface area contributed by atoms with Crippen LogP contribution >= 0.6 is 0 Å². The second-order valence-electron chi connectivity index (χ2n) is 4.66. The van der Waals surface area contributed by atoms with E-state index in [4.69, 9.17) is 4.42 Å². The van der Waals surface area contributed by atoms with E-state index in [2.05, 4.69) is 5.32 Å². The fraction of sp³-hybridized carbons (Fsp3) is 0.250. The fourth-order valence-corrected chi connectivity index (χ4v) is 2.11. The molecule has 1 unspecified atom stereocenters. The van der Waals surface area contributed by atoms with Gasteiger partial charge in [-0.15, -0.1) is 0 Å². The Hall–Kier alpha value is -2.56. The quantitative estimate of drug-likeness (QED) is 0.856. The van der Waals surface area contributed by atoms with Crippen molar-refractivity contribution in [3.05, 3.63) is 59.5 Å². The van der Waals surface area contributed by atoms with Crippen LogP contribution in [0.2, 0.25) is 0 Å². The van der Waals surface area contributed by atoms with Crippen LogP contribution in [0.1, 0.15) is 41.1 Å². The van der Waals surface area contributed by atoms with Crippen molar-refractivity contribution in [1.82, 2.24) is 5.32 Å². The van der Waals surface area contributed by atoms with Crippen molar-refractivity contribution < 1.29 is 19.1 Å². The van der Waals surface area contributed by atoms with E-state index in [-0.39, 0.29) is 0 Å². The molecule has 2 rings (SSSR count). The summed E-state index contributed by atoms with van der Waals surface area (Å²) in [6.45, 7) is 1.98. The number of furan rings is 1. The van der Waals surface area contributed by atoms with Crippen molar-refractivity contribution in [2.45, 2.75) is 25.8 Å². The van der Waals surface area contributed by atoms with Crippen LogP contribution in [0.5, 0.6) is 0 Å². The topological polar surface area (TPSA) is 79.5 Å². The van der Waals surface area contributed by atoms with E-state index in [1.165, 1.54) is 6.26 Å². The van der Waals surface area contributed by atoms with Crippen LogP contribution in [0, 0.1) is 0 Å². The highest BCUT2D eigenvalue weighted by Crippen LogP contribution is 2.17. The fourth-order valence-electron chi connectivity index (χ4n) is 2.11. The number of carbonyl (C=O) groups is 2. The molecule has 1 atom stereocenters. The van der Waals surface area contributed by atoms with Crippen LogP contribution in [0.15, 0.2) is 47.1 Å². The lowest BCUT2D eigenvalue weighted by Gasteiger charge is -2.14. The van der Waals surface area contributed by atoms with Crippen LogP contribution < -0.4 is 5.32 Å². The van der Waals surface area contributed by atoms with Gasteiger partial charge in [0.1, 0.15) is 5.76 Å². The lowest BCUT2D eigenvalue weighted by molar-refractivity contribution is -0.139. The number of aliphatic carboxylic acids is 1. The minimum Gasteiger partial charge on any atom is -0.479 e. The van der Waals surface area contributed by atoms with E-state index in [1.807, 2.05) is 6.92 Å². The largest absolute Gasteiger partial charge is 0.479 e. The highest BCUT2D eigenvalue weighted by Gasteiger charge is 2.24. The molecule has 1 amide bonds. The third kappa shape index (κ3) is 3.51. The Morgan fingerprint density at radius 3 is 2.57 bits per heavy atom. The minimum atomic E-state index is -1.10. The lowest BCUT2D eigenvalue weighted by atomic mass is 10.1. The molecular formula is C16H17NO4. The maximum Gasteiger partial charge on any atom is 0.330 e. The first-order valence-electron chi connectivity index (χ1n) is 6.78. The van der Waals surface area contributed by atoms with Crippen molar-refractivity contribution in [3.8, 4) is 0 Å². The summed E-state index contributed by atoms with van der Waals surface area (Å²) in [5.41, 5.74) is 0.915. The lowest BCUT2D eigenvalue weighted by Crippen LogP contribution is -2.34. The Kier molecular flexibility index (Phi) is 4.77. The van der Waals surface area contributed by atoms with Gasteiger partial charge in [-0.2, -0.15) is 0 Å². The zero-order valence-electron chi connectivity index (χ0n) is 11.7. The maximum atomic E-state index is 12.3. The van der Waals surface area contributed by atoms with Crippen molar-refractivity contribution in [2.24, 2.45) is 0 Å². The monoisotopic (exact) mass is 287 g/mol. The molecular weight excluding hydrogens is 270 g/mol. The normalized spacial score (nSPS) is 11.9. The second kappa shape index (κ2) is 6.74. The number of amides is 1. The number of rotatable bonds is 6. The first-order valence-corrected chi connectivity index (χ1v) is 6.78. The Morgan fingerprint density at radius 2 is 1.95 bits per heavy atom. The van der Waals surface area contributed by atoms with Gasteiger partial charge < -0.3 is 14.8 Å². The first-order chi connectivity index (χ1) is 10.1. The molecule has 1 heterocycles. The summed E-state index contributed by atoms with van der Waals surface area (Å²) in [7, 11) is 0. The highest BCUT2D eigenvalue weighted by molar-refractivity contribution is 5.97. The molecule has 5 heteroatoms. The molecule has 0 fully saturated rings. The van der Waals surface area contributed by atoms with Crippen LogP contribution in [0.4, 0.5) is 0 Å². The Balaban J connectivity index is 2.19. The molecule has 110 valence electrons. The predicted octanol–water partition coefficient (Wildman–Crippen LogP) is 2.79. The van der Waals surface area contributed by atoms with Gasteiger partial charge in [0.15, 0.2) is 6.04 Å². The van der Waals surface area contributed by atoms with Gasteiger partial charge >= 0.3 is 5.97 Å². The molecule has 2 aromatic rings. The molecule has 0 aliphatic rings. The molecule has 0 aliphatic carbocycles. The summed E-state index contributed by atoms with van der Waals surface area (Å²) < 4.78 is 5.27. The predicted molar refractivity (Wildman–Crippen MR) is 77.0 cm³/mol. The number of carboxylic acids is 1. The molecule has 0 saturated heterocycles. The molecule has 1 aromatic carbocycles. The average Bonchev–Trinajstić information content (AvgIpc) is 2.94. The third-order valence-electron chi connectivity index (χ3n) is 3.12.